The molecule has 2 aromatic heterocycles. The Morgan fingerprint density at radius 3 is 2.48 bits per heavy atom. The highest BCUT2D eigenvalue weighted by Crippen LogP contribution is 2.30. The number of carbonyl (C=O) groups excluding carboxylic acids is 2. The molecule has 8 heteroatoms. The number of piperazine rings is 1. The summed E-state index contributed by atoms with van der Waals surface area (Å²) in [5.41, 5.74) is 0. The second kappa shape index (κ2) is 6.54. The van der Waals surface area contributed by atoms with E-state index in [1.807, 2.05) is 6.07 Å². The molecule has 25 heavy (non-hydrogen) atoms. The lowest BCUT2D eigenvalue weighted by molar-refractivity contribution is -0.117. The number of nitrogens with zero attached hydrogens (tertiary/aromatic N) is 4. The van der Waals surface area contributed by atoms with E-state index < -0.39 is 0 Å². The third kappa shape index (κ3) is 3.47. The van der Waals surface area contributed by atoms with Crippen molar-refractivity contribution >= 4 is 23.5 Å². The summed E-state index contributed by atoms with van der Waals surface area (Å²) in [6.45, 7) is 2.55. The van der Waals surface area contributed by atoms with E-state index >= 15 is 0 Å². The van der Waals surface area contributed by atoms with Gasteiger partial charge < -0.3 is 19.5 Å². The van der Waals surface area contributed by atoms with E-state index in [9.17, 15) is 9.59 Å². The molecule has 130 valence electrons. The Hall–Kier alpha value is -2.90. The second-order valence-corrected chi connectivity index (χ2v) is 6.30. The number of nitrogens with one attached hydrogen (secondary N) is 1. The molecule has 2 aliphatic rings. The van der Waals surface area contributed by atoms with Crippen LogP contribution in [-0.4, -0.2) is 53.1 Å². The summed E-state index contributed by atoms with van der Waals surface area (Å²) in [4.78, 5) is 27.8. The lowest BCUT2D eigenvalue weighted by atomic mass is 10.3. The van der Waals surface area contributed by atoms with Crippen LogP contribution < -0.4 is 10.2 Å². The van der Waals surface area contributed by atoms with Crippen LogP contribution >= 0.6 is 0 Å². The number of aromatic nitrogens is 2. The number of rotatable bonds is 4. The Morgan fingerprint density at radius 1 is 1.08 bits per heavy atom. The Bertz CT molecular complexity index is 747. The first-order valence-electron chi connectivity index (χ1n) is 8.43. The van der Waals surface area contributed by atoms with Crippen molar-refractivity contribution in [3.05, 3.63) is 36.3 Å². The van der Waals surface area contributed by atoms with Crippen LogP contribution in [0.2, 0.25) is 0 Å². The number of hydrogen-bond acceptors (Lipinski definition) is 6. The smallest absolute Gasteiger partial charge is 0.289 e. The summed E-state index contributed by atoms with van der Waals surface area (Å²) in [5, 5.41) is 11.1. The van der Waals surface area contributed by atoms with Crippen LogP contribution in [-0.2, 0) is 4.79 Å². The first-order chi connectivity index (χ1) is 12.2. The molecule has 0 bridgehead atoms. The van der Waals surface area contributed by atoms with Crippen molar-refractivity contribution in [2.75, 3.05) is 36.4 Å². The van der Waals surface area contributed by atoms with Crippen LogP contribution in [0, 0.1) is 5.92 Å². The van der Waals surface area contributed by atoms with Gasteiger partial charge in [-0.15, -0.1) is 10.2 Å². The van der Waals surface area contributed by atoms with Gasteiger partial charge in [0, 0.05) is 32.1 Å². The van der Waals surface area contributed by atoms with Gasteiger partial charge in [0.25, 0.3) is 5.91 Å². The molecule has 2 fully saturated rings. The van der Waals surface area contributed by atoms with Crippen LogP contribution in [0.25, 0.3) is 0 Å². The van der Waals surface area contributed by atoms with Gasteiger partial charge in [-0.2, -0.15) is 0 Å². The average molecular weight is 341 g/mol. The number of anilines is 2. The minimum atomic E-state index is -0.0890. The van der Waals surface area contributed by atoms with E-state index in [-0.39, 0.29) is 17.7 Å². The number of hydrogen-bond donors (Lipinski definition) is 1. The van der Waals surface area contributed by atoms with Gasteiger partial charge >= 0.3 is 0 Å². The van der Waals surface area contributed by atoms with Crippen LogP contribution in [0.4, 0.5) is 11.6 Å². The maximum absolute atomic E-state index is 12.3. The highest BCUT2D eigenvalue weighted by molar-refractivity contribution is 5.93. The maximum atomic E-state index is 12.3. The highest BCUT2D eigenvalue weighted by Gasteiger charge is 2.30. The minimum Gasteiger partial charge on any atom is -0.459 e. The number of furan rings is 1. The topological polar surface area (TPSA) is 91.6 Å². The van der Waals surface area contributed by atoms with Gasteiger partial charge in [-0.3, -0.25) is 9.59 Å². The molecule has 1 aliphatic heterocycles. The van der Waals surface area contributed by atoms with Gasteiger partial charge in [-0.25, -0.2) is 0 Å². The summed E-state index contributed by atoms with van der Waals surface area (Å²) in [5.74, 6) is 1.66. The summed E-state index contributed by atoms with van der Waals surface area (Å²) in [6, 6.07) is 7.00. The summed E-state index contributed by atoms with van der Waals surface area (Å²) in [6.07, 6.45) is 3.42. The van der Waals surface area contributed by atoms with Crippen molar-refractivity contribution in [2.24, 2.45) is 5.92 Å². The molecule has 1 aliphatic carbocycles. The number of amides is 2. The molecule has 1 N–H and O–H groups in total. The Balaban J connectivity index is 1.32. The molecule has 1 saturated heterocycles. The molecule has 0 atom stereocenters. The lowest BCUT2D eigenvalue weighted by Gasteiger charge is -2.34. The molecule has 2 amide bonds. The van der Waals surface area contributed by atoms with E-state index in [0.29, 0.717) is 37.8 Å². The standard InChI is InChI=1S/C17H19N5O3/c23-16(12-3-4-12)18-14-5-6-15(20-19-14)21-7-9-22(10-8-21)17(24)13-2-1-11-25-13/h1-2,5-6,11-12H,3-4,7-10H2,(H,18,19,23). The van der Waals surface area contributed by atoms with Crippen LogP contribution in [0.1, 0.15) is 23.4 Å². The highest BCUT2D eigenvalue weighted by atomic mass is 16.3. The molecule has 0 aromatic carbocycles. The molecular formula is C17H19N5O3. The van der Waals surface area contributed by atoms with Crippen molar-refractivity contribution in [1.29, 1.82) is 0 Å². The fourth-order valence-corrected chi connectivity index (χ4v) is 2.83. The van der Waals surface area contributed by atoms with E-state index in [4.69, 9.17) is 4.42 Å². The summed E-state index contributed by atoms with van der Waals surface area (Å²) < 4.78 is 5.16. The molecule has 3 heterocycles. The normalized spacial score (nSPS) is 17.4. The molecule has 0 spiro atoms. The second-order valence-electron chi connectivity index (χ2n) is 6.30. The molecule has 8 nitrogen and oxygen atoms in total. The van der Waals surface area contributed by atoms with E-state index in [1.165, 1.54) is 6.26 Å². The molecule has 0 unspecified atom stereocenters. The van der Waals surface area contributed by atoms with Gasteiger partial charge in [-0.05, 0) is 37.1 Å². The quantitative estimate of drug-likeness (QED) is 0.903. The molecule has 2 aromatic rings. The first-order valence-corrected chi connectivity index (χ1v) is 8.43. The van der Waals surface area contributed by atoms with Crippen molar-refractivity contribution < 1.29 is 14.0 Å². The van der Waals surface area contributed by atoms with Gasteiger partial charge in [0.05, 0.1) is 6.26 Å². The Kier molecular flexibility index (Phi) is 4.09. The third-order valence-corrected chi connectivity index (χ3v) is 4.47. The molecule has 4 rings (SSSR count). The van der Waals surface area contributed by atoms with Crippen molar-refractivity contribution in [3.63, 3.8) is 0 Å². The van der Waals surface area contributed by atoms with Gasteiger partial charge in [0.15, 0.2) is 17.4 Å². The van der Waals surface area contributed by atoms with E-state index in [0.717, 1.165) is 18.7 Å². The van der Waals surface area contributed by atoms with E-state index in [1.54, 1.807) is 23.1 Å². The zero-order chi connectivity index (χ0) is 17.2. The van der Waals surface area contributed by atoms with Gasteiger partial charge in [0.1, 0.15) is 0 Å². The van der Waals surface area contributed by atoms with Crippen molar-refractivity contribution in [2.45, 2.75) is 12.8 Å². The van der Waals surface area contributed by atoms with Gasteiger partial charge in [0.2, 0.25) is 5.91 Å². The monoisotopic (exact) mass is 341 g/mol. The van der Waals surface area contributed by atoms with Crippen LogP contribution in [0.15, 0.2) is 34.9 Å². The van der Waals surface area contributed by atoms with E-state index in [2.05, 4.69) is 20.4 Å². The average Bonchev–Trinajstić information content (AvgIpc) is 3.37. The summed E-state index contributed by atoms with van der Waals surface area (Å²) >= 11 is 0. The fraction of sp³-hybridized carbons (Fsp3) is 0.412. The Morgan fingerprint density at radius 2 is 1.88 bits per heavy atom. The molecule has 0 radical (unpaired) electrons. The largest absolute Gasteiger partial charge is 0.459 e. The Labute approximate surface area is 144 Å². The third-order valence-electron chi connectivity index (χ3n) is 4.47. The molecule has 1 saturated carbocycles. The fourth-order valence-electron chi connectivity index (χ4n) is 2.83. The maximum Gasteiger partial charge on any atom is 0.289 e. The zero-order valence-corrected chi connectivity index (χ0v) is 13.7. The van der Waals surface area contributed by atoms with Gasteiger partial charge in [-0.1, -0.05) is 0 Å². The first kappa shape index (κ1) is 15.6. The lowest BCUT2D eigenvalue weighted by Crippen LogP contribution is -2.49. The predicted octanol–water partition coefficient (Wildman–Crippen LogP) is 1.38. The van der Waals surface area contributed by atoms with Crippen LogP contribution in [0.3, 0.4) is 0 Å². The summed E-state index contributed by atoms with van der Waals surface area (Å²) in [7, 11) is 0. The zero-order valence-electron chi connectivity index (χ0n) is 13.7. The minimum absolute atomic E-state index is 0.0205. The SMILES string of the molecule is O=C(Nc1ccc(N2CCN(C(=O)c3ccco3)CC2)nn1)C1CC1. The molecular weight excluding hydrogens is 322 g/mol. The van der Waals surface area contributed by atoms with Crippen molar-refractivity contribution in [3.8, 4) is 0 Å². The predicted molar refractivity (Wildman–Crippen MR) is 90.2 cm³/mol. The number of carbonyl (C=O) groups is 2. The van der Waals surface area contributed by atoms with Crippen LogP contribution in [0.5, 0.6) is 0 Å². The van der Waals surface area contributed by atoms with Crippen molar-refractivity contribution in [1.82, 2.24) is 15.1 Å².